The highest BCUT2D eigenvalue weighted by atomic mass is 35.5. The first-order valence-electron chi connectivity index (χ1n) is 5.32. The van der Waals surface area contributed by atoms with Crippen LogP contribution in [0.5, 0.6) is 0 Å². The average molecular weight is 319 g/mol. The van der Waals surface area contributed by atoms with E-state index in [0.717, 1.165) is 12.1 Å². The lowest BCUT2D eigenvalue weighted by Crippen LogP contribution is -2.15. The summed E-state index contributed by atoms with van der Waals surface area (Å²) in [6.45, 7) is 0. The van der Waals surface area contributed by atoms with Gasteiger partial charge in [0.25, 0.3) is 10.0 Å². The minimum Gasteiger partial charge on any atom is -0.398 e. The van der Waals surface area contributed by atoms with Crippen molar-refractivity contribution in [3.63, 3.8) is 0 Å². The monoisotopic (exact) mass is 318 g/mol. The van der Waals surface area contributed by atoms with Crippen molar-refractivity contribution in [3.8, 4) is 0 Å². The Hall–Kier alpha value is -1.86. The summed E-state index contributed by atoms with van der Waals surface area (Å²) in [5, 5.41) is 0.276. The minimum absolute atomic E-state index is 0.0677. The molecule has 4 nitrogen and oxygen atoms in total. The highest BCUT2D eigenvalue weighted by molar-refractivity contribution is 7.92. The lowest BCUT2D eigenvalue weighted by molar-refractivity contribution is 0.584. The van der Waals surface area contributed by atoms with Gasteiger partial charge in [0.1, 0.15) is 16.5 Å². The molecule has 0 amide bonds. The number of nitrogens with two attached hydrogens (primary N) is 1. The second-order valence-electron chi connectivity index (χ2n) is 3.95. The van der Waals surface area contributed by atoms with E-state index in [1.54, 1.807) is 0 Å². The molecule has 3 N–H and O–H groups in total. The summed E-state index contributed by atoms with van der Waals surface area (Å²) in [7, 11) is -4.06. The Morgan fingerprint density at radius 2 is 1.65 bits per heavy atom. The summed E-state index contributed by atoms with van der Waals surface area (Å²) < 4.78 is 52.2. The molecule has 0 bridgehead atoms. The molecule has 2 aromatic rings. The molecule has 0 spiro atoms. The molecule has 20 heavy (non-hydrogen) atoms. The van der Waals surface area contributed by atoms with Crippen molar-refractivity contribution in [2.24, 2.45) is 0 Å². The maximum Gasteiger partial charge on any atom is 0.263 e. The molecule has 0 atom stereocenters. The highest BCUT2D eigenvalue weighted by Gasteiger charge is 2.18. The number of sulfonamides is 1. The molecule has 0 fully saturated rings. The van der Waals surface area contributed by atoms with E-state index in [0.29, 0.717) is 6.07 Å². The van der Waals surface area contributed by atoms with E-state index in [1.165, 1.54) is 18.2 Å². The highest BCUT2D eigenvalue weighted by Crippen LogP contribution is 2.25. The van der Waals surface area contributed by atoms with Gasteiger partial charge in [0.2, 0.25) is 0 Å². The van der Waals surface area contributed by atoms with Crippen molar-refractivity contribution < 1.29 is 17.2 Å². The normalized spacial score (nSPS) is 11.3. The van der Waals surface area contributed by atoms with Crippen molar-refractivity contribution >= 4 is 33.0 Å². The van der Waals surface area contributed by atoms with Gasteiger partial charge in [-0.2, -0.15) is 0 Å². The largest absolute Gasteiger partial charge is 0.398 e. The number of anilines is 2. The van der Waals surface area contributed by atoms with E-state index in [-0.39, 0.29) is 21.3 Å². The van der Waals surface area contributed by atoms with Crippen molar-refractivity contribution in [3.05, 3.63) is 53.1 Å². The van der Waals surface area contributed by atoms with E-state index in [9.17, 15) is 17.2 Å². The quantitative estimate of drug-likeness (QED) is 0.854. The van der Waals surface area contributed by atoms with Gasteiger partial charge in [0.15, 0.2) is 0 Å². The molecular weight excluding hydrogens is 310 g/mol. The van der Waals surface area contributed by atoms with Crippen LogP contribution in [0.25, 0.3) is 0 Å². The van der Waals surface area contributed by atoms with E-state index in [4.69, 9.17) is 17.3 Å². The van der Waals surface area contributed by atoms with Crippen LogP contribution in [0.3, 0.4) is 0 Å². The zero-order chi connectivity index (χ0) is 14.9. The smallest absolute Gasteiger partial charge is 0.263 e. The lowest BCUT2D eigenvalue weighted by Gasteiger charge is -2.10. The van der Waals surface area contributed by atoms with Gasteiger partial charge in [-0.25, -0.2) is 17.2 Å². The minimum atomic E-state index is -4.06. The van der Waals surface area contributed by atoms with Gasteiger partial charge < -0.3 is 5.73 Å². The standard InChI is InChI=1S/C12H9ClF2N2O2S/c13-7-1-2-12(11(16)3-7)20(18,19)17-10-5-8(14)4-9(15)6-10/h1-6,17H,16H2. The molecule has 0 saturated heterocycles. The zero-order valence-electron chi connectivity index (χ0n) is 9.90. The number of halogens is 3. The summed E-state index contributed by atoms with van der Waals surface area (Å²) in [6.07, 6.45) is 0. The zero-order valence-corrected chi connectivity index (χ0v) is 11.5. The van der Waals surface area contributed by atoms with Gasteiger partial charge >= 0.3 is 0 Å². The Morgan fingerprint density at radius 1 is 1.05 bits per heavy atom. The van der Waals surface area contributed by atoms with Gasteiger partial charge in [-0.3, -0.25) is 4.72 Å². The third-order valence-corrected chi connectivity index (χ3v) is 4.07. The number of rotatable bonds is 3. The van der Waals surface area contributed by atoms with Crippen molar-refractivity contribution in [1.29, 1.82) is 0 Å². The first-order valence-corrected chi connectivity index (χ1v) is 7.18. The Kier molecular flexibility index (Phi) is 3.82. The molecule has 0 aromatic heterocycles. The summed E-state index contributed by atoms with van der Waals surface area (Å²) >= 11 is 5.67. The number of benzene rings is 2. The Balaban J connectivity index is 2.40. The summed E-state index contributed by atoms with van der Waals surface area (Å²) in [5.74, 6) is -1.79. The van der Waals surface area contributed by atoms with Crippen LogP contribution in [0.4, 0.5) is 20.2 Å². The van der Waals surface area contributed by atoms with Gasteiger partial charge in [-0.05, 0) is 30.3 Å². The first-order chi connectivity index (χ1) is 9.28. The van der Waals surface area contributed by atoms with E-state index in [1.807, 2.05) is 4.72 Å². The number of nitrogens with one attached hydrogen (secondary N) is 1. The van der Waals surface area contributed by atoms with E-state index in [2.05, 4.69) is 0 Å². The topological polar surface area (TPSA) is 72.2 Å². The molecular formula is C12H9ClF2N2O2S. The number of hydrogen-bond donors (Lipinski definition) is 2. The molecule has 0 unspecified atom stereocenters. The fourth-order valence-corrected chi connectivity index (χ4v) is 2.92. The fourth-order valence-electron chi connectivity index (χ4n) is 1.59. The van der Waals surface area contributed by atoms with Crippen molar-refractivity contribution in [1.82, 2.24) is 0 Å². The van der Waals surface area contributed by atoms with Crippen LogP contribution in [-0.4, -0.2) is 8.42 Å². The molecule has 0 aliphatic carbocycles. The van der Waals surface area contributed by atoms with Gasteiger partial charge in [-0.15, -0.1) is 0 Å². The second-order valence-corrected chi connectivity index (χ2v) is 6.03. The molecule has 2 aromatic carbocycles. The third-order valence-electron chi connectivity index (χ3n) is 2.38. The van der Waals surface area contributed by atoms with Crippen LogP contribution in [0.15, 0.2) is 41.3 Å². The molecule has 0 heterocycles. The van der Waals surface area contributed by atoms with Crippen LogP contribution in [0.1, 0.15) is 0 Å². The summed E-state index contributed by atoms with van der Waals surface area (Å²) in [5.41, 5.74) is 5.26. The molecule has 0 aliphatic rings. The van der Waals surface area contributed by atoms with Gasteiger partial charge in [0.05, 0.1) is 11.4 Å². The van der Waals surface area contributed by atoms with Crippen LogP contribution in [0, 0.1) is 11.6 Å². The number of hydrogen-bond acceptors (Lipinski definition) is 3. The van der Waals surface area contributed by atoms with Crippen LogP contribution in [0.2, 0.25) is 5.02 Å². The molecule has 2 rings (SSSR count). The average Bonchev–Trinajstić information content (AvgIpc) is 2.25. The van der Waals surface area contributed by atoms with Crippen molar-refractivity contribution in [2.75, 3.05) is 10.5 Å². The second kappa shape index (κ2) is 5.26. The van der Waals surface area contributed by atoms with Crippen LogP contribution >= 0.6 is 11.6 Å². The number of nitrogen functional groups attached to an aromatic ring is 1. The third kappa shape index (κ3) is 3.17. The SMILES string of the molecule is Nc1cc(Cl)ccc1S(=O)(=O)Nc1cc(F)cc(F)c1. The summed E-state index contributed by atoms with van der Waals surface area (Å²) in [6, 6.07) is 6.16. The molecule has 0 saturated carbocycles. The van der Waals surface area contributed by atoms with Crippen LogP contribution in [-0.2, 0) is 10.0 Å². The van der Waals surface area contributed by atoms with E-state index >= 15 is 0 Å². The Bertz CT molecular complexity index is 746. The molecule has 0 radical (unpaired) electrons. The van der Waals surface area contributed by atoms with Crippen LogP contribution < -0.4 is 10.5 Å². The Labute approximate surface area is 119 Å². The molecule has 0 aliphatic heterocycles. The van der Waals surface area contributed by atoms with E-state index < -0.39 is 21.7 Å². The maximum absolute atomic E-state index is 13.0. The predicted octanol–water partition coefficient (Wildman–Crippen LogP) is 3.00. The maximum atomic E-state index is 13.0. The molecule has 106 valence electrons. The van der Waals surface area contributed by atoms with Gasteiger partial charge in [0, 0.05) is 11.1 Å². The molecule has 8 heteroatoms. The predicted molar refractivity (Wildman–Crippen MR) is 73.0 cm³/mol. The fraction of sp³-hybridized carbons (Fsp3) is 0. The van der Waals surface area contributed by atoms with Gasteiger partial charge in [-0.1, -0.05) is 11.6 Å². The first kappa shape index (κ1) is 14.5. The van der Waals surface area contributed by atoms with Crippen molar-refractivity contribution in [2.45, 2.75) is 4.90 Å². The lowest BCUT2D eigenvalue weighted by atomic mass is 10.3. The Morgan fingerprint density at radius 3 is 2.20 bits per heavy atom. The summed E-state index contributed by atoms with van der Waals surface area (Å²) in [4.78, 5) is -0.230.